The number of likely N-dealkylation sites (tertiary alicyclic amines) is 1. The minimum absolute atomic E-state index is 0.0233. The van der Waals surface area contributed by atoms with Crippen LogP contribution in [0.3, 0.4) is 0 Å². The maximum atomic E-state index is 13.0. The summed E-state index contributed by atoms with van der Waals surface area (Å²) in [6.45, 7) is 0.755. The molecule has 1 aromatic carbocycles. The number of aromatic nitrogens is 1. The summed E-state index contributed by atoms with van der Waals surface area (Å²) < 4.78 is 13.0. The van der Waals surface area contributed by atoms with Gasteiger partial charge in [-0.2, -0.15) is 0 Å². The van der Waals surface area contributed by atoms with Gasteiger partial charge in [-0.25, -0.2) is 4.39 Å². The van der Waals surface area contributed by atoms with Gasteiger partial charge in [-0.05, 0) is 47.7 Å². The Hall–Kier alpha value is -3.53. The second-order valence-electron chi connectivity index (χ2n) is 7.67. The fourth-order valence-corrected chi connectivity index (χ4v) is 4.49. The fourth-order valence-electron chi connectivity index (χ4n) is 3.63. The number of nitrogens with one attached hydrogen (secondary N) is 1. The van der Waals surface area contributed by atoms with E-state index in [2.05, 4.69) is 10.3 Å². The van der Waals surface area contributed by atoms with Crippen molar-refractivity contribution in [3.8, 4) is 0 Å². The van der Waals surface area contributed by atoms with Crippen molar-refractivity contribution in [2.45, 2.75) is 13.0 Å². The van der Waals surface area contributed by atoms with Crippen molar-refractivity contribution in [3.05, 3.63) is 70.6 Å². The van der Waals surface area contributed by atoms with Gasteiger partial charge in [0.25, 0.3) is 11.1 Å². The van der Waals surface area contributed by atoms with Crippen molar-refractivity contribution >= 4 is 40.8 Å². The minimum atomic E-state index is -0.491. The van der Waals surface area contributed by atoms with Crippen LogP contribution >= 0.6 is 11.8 Å². The molecule has 0 saturated carbocycles. The summed E-state index contributed by atoms with van der Waals surface area (Å²) in [4.78, 5) is 56.7. The van der Waals surface area contributed by atoms with Crippen LogP contribution in [0.15, 0.2) is 53.6 Å². The van der Waals surface area contributed by atoms with E-state index in [1.165, 1.54) is 30.3 Å². The van der Waals surface area contributed by atoms with Crippen LogP contribution in [0.25, 0.3) is 6.08 Å². The molecular weight excluding hydrogens is 447 g/mol. The minimum Gasteiger partial charge on any atom is -0.354 e. The van der Waals surface area contributed by atoms with Gasteiger partial charge in [0.1, 0.15) is 5.82 Å². The molecule has 33 heavy (non-hydrogen) atoms. The average Bonchev–Trinajstić information content (AvgIpc) is 3.30. The number of imide groups is 1. The lowest BCUT2D eigenvalue weighted by Crippen LogP contribution is -2.40. The molecule has 0 spiro atoms. The summed E-state index contributed by atoms with van der Waals surface area (Å²) >= 11 is 0.801. The number of hydrogen-bond acceptors (Lipinski definition) is 6. The third kappa shape index (κ3) is 5.46. The number of nitrogens with zero attached hydrogens (tertiary/aromatic N) is 3. The van der Waals surface area contributed by atoms with Crippen LogP contribution in [0.5, 0.6) is 0 Å². The number of carbonyl (C=O) groups is 4. The maximum absolute atomic E-state index is 13.0. The normalized spacial score (nSPS) is 19.6. The summed E-state index contributed by atoms with van der Waals surface area (Å²) in [5.41, 5.74) is 1.36. The summed E-state index contributed by atoms with van der Waals surface area (Å²) in [5.74, 6) is -1.74. The second-order valence-corrected chi connectivity index (χ2v) is 8.67. The molecule has 1 N–H and O–H groups in total. The van der Waals surface area contributed by atoms with Crippen molar-refractivity contribution in [2.24, 2.45) is 5.92 Å². The maximum Gasteiger partial charge on any atom is 0.293 e. The van der Waals surface area contributed by atoms with Gasteiger partial charge in [0, 0.05) is 32.3 Å². The molecule has 1 unspecified atom stereocenters. The highest BCUT2D eigenvalue weighted by atomic mass is 32.2. The van der Waals surface area contributed by atoms with Crippen molar-refractivity contribution in [1.82, 2.24) is 20.1 Å². The number of amides is 4. The standard InChI is InChI=1S/C23H21FN4O4S/c24-17-6-4-15(5-7-17)11-19-22(31)28(23(32)33-19)10-9-26-21(30)16-12-20(29)27(13-16)14-18-3-1-2-8-25-18/h1-8,11,16H,9-10,12-14H2,(H,26,30)/b19-11-. The number of benzene rings is 1. The van der Waals surface area contributed by atoms with Gasteiger partial charge < -0.3 is 10.2 Å². The van der Waals surface area contributed by atoms with Crippen LogP contribution in [-0.4, -0.2) is 57.4 Å². The molecule has 0 radical (unpaired) electrons. The van der Waals surface area contributed by atoms with Gasteiger partial charge in [-0.15, -0.1) is 0 Å². The van der Waals surface area contributed by atoms with Crippen molar-refractivity contribution in [1.29, 1.82) is 0 Å². The first-order valence-electron chi connectivity index (χ1n) is 10.4. The molecule has 2 aliphatic heterocycles. The highest BCUT2D eigenvalue weighted by Gasteiger charge is 2.36. The van der Waals surface area contributed by atoms with Crippen LogP contribution in [0.4, 0.5) is 9.18 Å². The number of carbonyl (C=O) groups excluding carboxylic acids is 4. The summed E-state index contributed by atoms with van der Waals surface area (Å²) in [5, 5.41) is 2.29. The highest BCUT2D eigenvalue weighted by molar-refractivity contribution is 8.18. The van der Waals surface area contributed by atoms with Crippen molar-refractivity contribution in [3.63, 3.8) is 0 Å². The molecule has 170 valence electrons. The van der Waals surface area contributed by atoms with Gasteiger partial charge in [-0.3, -0.25) is 29.1 Å². The van der Waals surface area contributed by atoms with Crippen molar-refractivity contribution < 1.29 is 23.6 Å². The number of rotatable bonds is 7. The monoisotopic (exact) mass is 468 g/mol. The Morgan fingerprint density at radius 1 is 1.18 bits per heavy atom. The zero-order valence-corrected chi connectivity index (χ0v) is 18.4. The van der Waals surface area contributed by atoms with Crippen molar-refractivity contribution in [2.75, 3.05) is 19.6 Å². The number of pyridine rings is 1. The van der Waals surface area contributed by atoms with Gasteiger partial charge in [0.15, 0.2) is 0 Å². The molecule has 1 aromatic heterocycles. The number of halogens is 1. The molecule has 8 nitrogen and oxygen atoms in total. The van der Waals surface area contributed by atoms with Gasteiger partial charge in [0.2, 0.25) is 11.8 Å². The predicted octanol–water partition coefficient (Wildman–Crippen LogP) is 2.42. The van der Waals surface area contributed by atoms with Crippen LogP contribution in [0, 0.1) is 11.7 Å². The zero-order chi connectivity index (χ0) is 23.4. The first-order valence-corrected chi connectivity index (χ1v) is 11.2. The number of thioether (sulfide) groups is 1. The molecule has 2 aromatic rings. The molecule has 1 atom stereocenters. The average molecular weight is 469 g/mol. The first-order chi connectivity index (χ1) is 15.9. The Morgan fingerprint density at radius 3 is 2.70 bits per heavy atom. The SMILES string of the molecule is O=C(NCCN1C(=O)S/C(=C\c2ccc(F)cc2)C1=O)C1CC(=O)N(Cc2ccccn2)C1. The van der Waals surface area contributed by atoms with E-state index in [0.717, 1.165) is 22.4 Å². The Bertz CT molecular complexity index is 1110. The first kappa shape index (κ1) is 22.7. The quantitative estimate of drug-likeness (QED) is 0.627. The zero-order valence-electron chi connectivity index (χ0n) is 17.6. The molecule has 0 aliphatic carbocycles. The smallest absolute Gasteiger partial charge is 0.293 e. The Kier molecular flexibility index (Phi) is 6.83. The largest absolute Gasteiger partial charge is 0.354 e. The molecule has 4 rings (SSSR count). The highest BCUT2D eigenvalue weighted by Crippen LogP contribution is 2.32. The predicted molar refractivity (Wildman–Crippen MR) is 120 cm³/mol. The lowest BCUT2D eigenvalue weighted by atomic mass is 10.1. The van der Waals surface area contributed by atoms with Gasteiger partial charge in [-0.1, -0.05) is 18.2 Å². The van der Waals surface area contributed by atoms with Crippen LogP contribution in [0.1, 0.15) is 17.7 Å². The third-order valence-electron chi connectivity index (χ3n) is 5.34. The van der Waals surface area contributed by atoms with Crippen LogP contribution in [-0.2, 0) is 20.9 Å². The molecule has 0 bridgehead atoms. The fraction of sp³-hybridized carbons (Fsp3) is 0.261. The summed E-state index contributed by atoms with van der Waals surface area (Å²) in [6.07, 6.45) is 3.30. The van der Waals surface area contributed by atoms with E-state index >= 15 is 0 Å². The molecule has 3 heterocycles. The molecule has 2 fully saturated rings. The lowest BCUT2D eigenvalue weighted by Gasteiger charge is -2.17. The molecule has 4 amide bonds. The molecule has 2 saturated heterocycles. The van der Waals surface area contributed by atoms with Crippen LogP contribution < -0.4 is 5.32 Å². The molecule has 2 aliphatic rings. The van der Waals surface area contributed by atoms with Crippen LogP contribution in [0.2, 0.25) is 0 Å². The Balaban J connectivity index is 1.27. The Morgan fingerprint density at radius 2 is 1.97 bits per heavy atom. The van der Waals surface area contributed by atoms with E-state index in [4.69, 9.17) is 0 Å². The van der Waals surface area contributed by atoms with E-state index in [1.807, 2.05) is 12.1 Å². The van der Waals surface area contributed by atoms with E-state index < -0.39 is 17.1 Å². The summed E-state index contributed by atoms with van der Waals surface area (Å²) in [6, 6.07) is 11.0. The van der Waals surface area contributed by atoms with Gasteiger partial charge >= 0.3 is 0 Å². The second kappa shape index (κ2) is 9.95. The summed E-state index contributed by atoms with van der Waals surface area (Å²) in [7, 11) is 0. The topological polar surface area (TPSA) is 99.7 Å². The lowest BCUT2D eigenvalue weighted by molar-refractivity contribution is -0.129. The van der Waals surface area contributed by atoms with E-state index in [0.29, 0.717) is 18.7 Å². The van der Waals surface area contributed by atoms with Gasteiger partial charge in [0.05, 0.1) is 23.1 Å². The van der Waals surface area contributed by atoms with E-state index in [-0.39, 0.29) is 42.0 Å². The Labute approximate surface area is 193 Å². The van der Waals surface area contributed by atoms with E-state index in [9.17, 15) is 23.6 Å². The third-order valence-corrected chi connectivity index (χ3v) is 6.25. The molecular formula is C23H21FN4O4S. The van der Waals surface area contributed by atoms with E-state index in [1.54, 1.807) is 17.2 Å². The molecule has 10 heteroatoms. The number of hydrogen-bond donors (Lipinski definition) is 1.